The quantitative estimate of drug-likeness (QED) is 0.815. The number of rotatable bonds is 4. The summed E-state index contributed by atoms with van der Waals surface area (Å²) in [6.45, 7) is 2.66. The predicted octanol–water partition coefficient (Wildman–Crippen LogP) is -0.0432. The van der Waals surface area contributed by atoms with E-state index in [9.17, 15) is 13.5 Å². The summed E-state index contributed by atoms with van der Waals surface area (Å²) in [6.07, 6.45) is -0.703. The molecule has 0 unspecified atom stereocenters. The van der Waals surface area contributed by atoms with E-state index in [0.29, 0.717) is 18.8 Å². The van der Waals surface area contributed by atoms with Crippen LogP contribution in [0.15, 0.2) is 23.1 Å². The van der Waals surface area contributed by atoms with Gasteiger partial charge in [-0.05, 0) is 24.6 Å². The topological polar surface area (TPSA) is 78.9 Å². The maximum absolute atomic E-state index is 12.7. The number of hydrogen-bond acceptors (Lipinski definition) is 5. The standard InChI is InChI=1S/C13H20N2O4S/c1-9-4-5-12(19-3)13(6-9)20(17,18)15(2)10-7-14-8-11(10)16/h4-6,10-11,14,16H,7-8H2,1-3H3/t10-,11-/m0/s1. The minimum atomic E-state index is -3.71. The lowest BCUT2D eigenvalue weighted by atomic mass is 10.2. The monoisotopic (exact) mass is 300 g/mol. The Kier molecular flexibility index (Phi) is 4.33. The minimum Gasteiger partial charge on any atom is -0.495 e. The third kappa shape index (κ3) is 2.67. The lowest BCUT2D eigenvalue weighted by molar-refractivity contribution is 0.136. The van der Waals surface area contributed by atoms with Gasteiger partial charge in [0.2, 0.25) is 10.0 Å². The Hall–Kier alpha value is -1.15. The van der Waals surface area contributed by atoms with E-state index in [-0.39, 0.29) is 4.90 Å². The zero-order valence-electron chi connectivity index (χ0n) is 11.8. The van der Waals surface area contributed by atoms with Crippen molar-refractivity contribution < 1.29 is 18.3 Å². The van der Waals surface area contributed by atoms with Gasteiger partial charge in [0.1, 0.15) is 10.6 Å². The van der Waals surface area contributed by atoms with E-state index in [4.69, 9.17) is 4.74 Å². The molecule has 1 aliphatic rings. The number of β-amino-alcohol motifs (C(OH)–C–C–N with tert-alkyl or cyclic N) is 1. The van der Waals surface area contributed by atoms with Gasteiger partial charge < -0.3 is 15.2 Å². The molecule has 1 saturated heterocycles. The number of nitrogens with one attached hydrogen (secondary N) is 1. The molecule has 1 fully saturated rings. The first-order chi connectivity index (χ1) is 9.37. The second kappa shape index (κ2) is 5.69. The molecule has 0 aliphatic carbocycles. The highest BCUT2D eigenvalue weighted by atomic mass is 32.2. The summed E-state index contributed by atoms with van der Waals surface area (Å²) in [5.74, 6) is 0.308. The number of methoxy groups -OCH3 is 1. The molecule has 20 heavy (non-hydrogen) atoms. The first-order valence-electron chi connectivity index (χ1n) is 6.39. The molecule has 0 aromatic heterocycles. The molecule has 2 atom stereocenters. The van der Waals surface area contributed by atoms with E-state index in [2.05, 4.69) is 5.32 Å². The molecule has 0 bridgehead atoms. The second-order valence-electron chi connectivity index (χ2n) is 4.97. The molecular formula is C13H20N2O4S. The summed E-state index contributed by atoms with van der Waals surface area (Å²) in [5, 5.41) is 12.8. The van der Waals surface area contributed by atoms with E-state index in [1.165, 1.54) is 18.5 Å². The Balaban J connectivity index is 2.42. The van der Waals surface area contributed by atoms with Gasteiger partial charge in [0.25, 0.3) is 0 Å². The molecule has 1 aromatic rings. The van der Waals surface area contributed by atoms with Crippen LogP contribution in [0.5, 0.6) is 5.75 Å². The van der Waals surface area contributed by atoms with E-state index in [1.807, 2.05) is 6.92 Å². The molecule has 0 radical (unpaired) electrons. The fourth-order valence-corrected chi connectivity index (χ4v) is 3.96. The maximum atomic E-state index is 12.7. The number of nitrogens with zero attached hydrogens (tertiary/aromatic N) is 1. The number of aliphatic hydroxyl groups is 1. The van der Waals surface area contributed by atoms with Crippen LogP contribution in [0.3, 0.4) is 0 Å². The second-order valence-corrected chi connectivity index (χ2v) is 6.93. The number of sulfonamides is 1. The molecule has 0 spiro atoms. The van der Waals surface area contributed by atoms with Gasteiger partial charge in [-0.25, -0.2) is 8.42 Å². The Morgan fingerprint density at radius 1 is 1.40 bits per heavy atom. The largest absolute Gasteiger partial charge is 0.495 e. The average molecular weight is 300 g/mol. The molecule has 7 heteroatoms. The average Bonchev–Trinajstić information content (AvgIpc) is 2.83. The van der Waals surface area contributed by atoms with Crippen LogP contribution in [-0.2, 0) is 10.0 Å². The van der Waals surface area contributed by atoms with Gasteiger partial charge >= 0.3 is 0 Å². The van der Waals surface area contributed by atoms with Crippen molar-refractivity contribution in [3.05, 3.63) is 23.8 Å². The third-order valence-corrected chi connectivity index (χ3v) is 5.50. The first-order valence-corrected chi connectivity index (χ1v) is 7.83. The summed E-state index contributed by atoms with van der Waals surface area (Å²) in [4.78, 5) is 0.126. The van der Waals surface area contributed by atoms with Crippen LogP contribution >= 0.6 is 0 Å². The molecule has 2 rings (SSSR count). The number of aliphatic hydroxyl groups excluding tert-OH is 1. The van der Waals surface area contributed by atoms with Crippen LogP contribution in [0.1, 0.15) is 5.56 Å². The summed E-state index contributed by atoms with van der Waals surface area (Å²) in [7, 11) is -0.788. The molecule has 0 amide bonds. The van der Waals surface area contributed by atoms with Crippen LogP contribution in [0.4, 0.5) is 0 Å². The third-order valence-electron chi connectivity index (χ3n) is 3.59. The molecule has 1 heterocycles. The number of aryl methyl sites for hydroxylation is 1. The van der Waals surface area contributed by atoms with E-state index < -0.39 is 22.2 Å². The van der Waals surface area contributed by atoms with Crippen molar-refractivity contribution in [2.75, 3.05) is 27.2 Å². The van der Waals surface area contributed by atoms with Crippen LogP contribution in [0.2, 0.25) is 0 Å². The summed E-state index contributed by atoms with van der Waals surface area (Å²) in [6, 6.07) is 4.55. The van der Waals surface area contributed by atoms with Crippen LogP contribution in [0, 0.1) is 6.92 Å². The van der Waals surface area contributed by atoms with Crippen molar-refractivity contribution in [2.24, 2.45) is 0 Å². The van der Waals surface area contributed by atoms with Gasteiger partial charge in [-0.15, -0.1) is 0 Å². The lowest BCUT2D eigenvalue weighted by Crippen LogP contribution is -2.44. The highest BCUT2D eigenvalue weighted by molar-refractivity contribution is 7.89. The van der Waals surface area contributed by atoms with Crippen molar-refractivity contribution in [1.29, 1.82) is 0 Å². The van der Waals surface area contributed by atoms with Crippen molar-refractivity contribution in [1.82, 2.24) is 9.62 Å². The van der Waals surface area contributed by atoms with Gasteiger partial charge in [-0.1, -0.05) is 6.07 Å². The highest BCUT2D eigenvalue weighted by Crippen LogP contribution is 2.28. The normalized spacial score (nSPS) is 23.2. The number of benzene rings is 1. The van der Waals surface area contributed by atoms with Crippen molar-refractivity contribution in [3.8, 4) is 5.75 Å². The molecule has 6 nitrogen and oxygen atoms in total. The maximum Gasteiger partial charge on any atom is 0.246 e. The van der Waals surface area contributed by atoms with Gasteiger partial charge in [0.05, 0.1) is 19.3 Å². The summed E-state index contributed by atoms with van der Waals surface area (Å²) >= 11 is 0. The van der Waals surface area contributed by atoms with Crippen molar-refractivity contribution >= 4 is 10.0 Å². The Bertz CT molecular complexity index is 588. The summed E-state index contributed by atoms with van der Waals surface area (Å²) in [5.41, 5.74) is 0.836. The fourth-order valence-electron chi connectivity index (χ4n) is 2.34. The molecule has 112 valence electrons. The van der Waals surface area contributed by atoms with Gasteiger partial charge in [-0.3, -0.25) is 0 Å². The smallest absolute Gasteiger partial charge is 0.246 e. The van der Waals surface area contributed by atoms with Crippen LogP contribution in [-0.4, -0.2) is 57.2 Å². The van der Waals surface area contributed by atoms with Gasteiger partial charge in [0.15, 0.2) is 0 Å². The SMILES string of the molecule is COc1ccc(C)cc1S(=O)(=O)N(C)[C@H]1CNC[C@@H]1O. The zero-order chi connectivity index (χ0) is 14.9. The lowest BCUT2D eigenvalue weighted by Gasteiger charge is -2.26. The predicted molar refractivity (Wildman–Crippen MR) is 75.3 cm³/mol. The Morgan fingerprint density at radius 3 is 2.65 bits per heavy atom. The summed E-state index contributed by atoms with van der Waals surface area (Å²) < 4.78 is 31.8. The van der Waals surface area contributed by atoms with Gasteiger partial charge in [-0.2, -0.15) is 4.31 Å². The minimum absolute atomic E-state index is 0.126. The first kappa shape index (κ1) is 15.2. The highest BCUT2D eigenvalue weighted by Gasteiger charge is 2.36. The number of likely N-dealkylation sites (N-methyl/N-ethyl adjacent to an activating group) is 1. The molecule has 1 aliphatic heterocycles. The molecule has 2 N–H and O–H groups in total. The number of ether oxygens (including phenoxy) is 1. The van der Waals surface area contributed by atoms with Crippen molar-refractivity contribution in [2.45, 2.75) is 24.0 Å². The van der Waals surface area contributed by atoms with E-state index >= 15 is 0 Å². The molecule has 0 saturated carbocycles. The van der Waals surface area contributed by atoms with Crippen LogP contribution < -0.4 is 10.1 Å². The zero-order valence-corrected chi connectivity index (χ0v) is 12.6. The Morgan fingerprint density at radius 2 is 2.10 bits per heavy atom. The van der Waals surface area contributed by atoms with E-state index in [0.717, 1.165) is 5.56 Å². The molecule has 1 aromatic carbocycles. The van der Waals surface area contributed by atoms with Crippen molar-refractivity contribution in [3.63, 3.8) is 0 Å². The van der Waals surface area contributed by atoms with Crippen LogP contribution in [0.25, 0.3) is 0 Å². The Labute approximate surface area is 119 Å². The number of hydrogen-bond donors (Lipinski definition) is 2. The van der Waals surface area contributed by atoms with E-state index in [1.54, 1.807) is 18.2 Å². The fraction of sp³-hybridized carbons (Fsp3) is 0.538. The van der Waals surface area contributed by atoms with Gasteiger partial charge in [0, 0.05) is 20.1 Å². The molecular weight excluding hydrogens is 280 g/mol.